The number of hydrogen-bond donors (Lipinski definition) is 4. The third-order valence-corrected chi connectivity index (χ3v) is 7.42. The molecule has 5 N–H and O–H groups in total. The van der Waals surface area contributed by atoms with E-state index in [0.29, 0.717) is 41.2 Å². The smallest absolute Gasteiger partial charge is 0.261 e. The van der Waals surface area contributed by atoms with Gasteiger partial charge in [0.1, 0.15) is 13.2 Å². The number of nitrogen functional groups attached to an aromatic ring is 1. The molecule has 3 aromatic rings. The molecule has 2 aromatic carbocycles. The van der Waals surface area contributed by atoms with Crippen molar-refractivity contribution < 1.29 is 29.0 Å². The number of nitrogens with one attached hydrogen (secondary N) is 2. The minimum atomic E-state index is -0.745. The van der Waals surface area contributed by atoms with Crippen LogP contribution in [0.15, 0.2) is 60.7 Å². The van der Waals surface area contributed by atoms with Gasteiger partial charge in [0, 0.05) is 48.9 Å². The summed E-state index contributed by atoms with van der Waals surface area (Å²) >= 11 is 7.00. The third-order valence-electron chi connectivity index (χ3n) is 6.19. The number of nitrogens with zero attached hydrogens (tertiary/aromatic N) is 2. The average Bonchev–Trinajstić information content (AvgIpc) is 3.43. The van der Waals surface area contributed by atoms with Crippen LogP contribution < -0.4 is 26.2 Å². The van der Waals surface area contributed by atoms with Crippen LogP contribution in [-0.4, -0.2) is 81.5 Å². The minimum Gasteiger partial charge on any atom is -0.399 e. The van der Waals surface area contributed by atoms with Crippen molar-refractivity contribution in [2.75, 3.05) is 73.5 Å². The van der Waals surface area contributed by atoms with E-state index in [2.05, 4.69) is 10.6 Å². The first-order valence-corrected chi connectivity index (χ1v) is 14.2. The summed E-state index contributed by atoms with van der Waals surface area (Å²) in [4.78, 5) is 39.1. The fourth-order valence-electron chi connectivity index (χ4n) is 4.04. The molecular weight excluding hydrogens is 570 g/mol. The highest BCUT2D eigenvalue weighted by Gasteiger charge is 2.21. The number of hydrogen-bond acceptors (Lipinski definition) is 9. The first-order chi connectivity index (χ1) is 19.8. The van der Waals surface area contributed by atoms with Gasteiger partial charge in [-0.1, -0.05) is 11.6 Å². The van der Waals surface area contributed by atoms with Crippen LogP contribution in [0.1, 0.15) is 9.67 Å². The number of nitrogens with two attached hydrogens (primary N) is 1. The third kappa shape index (κ3) is 8.90. The molecule has 0 radical (unpaired) electrons. The molecule has 11 nitrogen and oxygen atoms in total. The van der Waals surface area contributed by atoms with E-state index in [1.54, 1.807) is 34.1 Å². The molecule has 1 atom stereocenters. The van der Waals surface area contributed by atoms with Crippen LogP contribution in [-0.2, 0) is 19.1 Å². The van der Waals surface area contributed by atoms with Gasteiger partial charge in [-0.3, -0.25) is 14.4 Å². The minimum absolute atomic E-state index is 0.000946. The molecule has 0 saturated carbocycles. The number of carbonyl (C=O) groups excluding carboxylic acids is 3. The lowest BCUT2D eigenvalue weighted by molar-refractivity contribution is -0.126. The monoisotopic (exact) mass is 601 g/mol. The summed E-state index contributed by atoms with van der Waals surface area (Å²) in [6.45, 7) is 2.96. The van der Waals surface area contributed by atoms with Crippen LogP contribution in [0.25, 0.3) is 0 Å². The first-order valence-electron chi connectivity index (χ1n) is 13.0. The zero-order valence-electron chi connectivity index (χ0n) is 22.3. The second-order valence-electron chi connectivity index (χ2n) is 9.18. The van der Waals surface area contributed by atoms with E-state index in [4.69, 9.17) is 26.8 Å². The lowest BCUT2D eigenvalue weighted by Crippen LogP contribution is -2.41. The topological polar surface area (TPSA) is 146 Å². The standard InChI is InChI=1S/C18H20ClN3O4S.C10H12N2O2/c19-16-6-5-15(27-16)18(25)21-10-14(23)9-20-12-1-3-13(4-2-12)22-7-8-26-11-17(22)24;11-8-1-3-9(4-2-8)12-5-6-14-7-10(12)13/h1-6,14,20,23H,7-11H2,(H,21,25);1-4H,5-7,11H2. The van der Waals surface area contributed by atoms with Crippen molar-refractivity contribution >= 4 is 63.4 Å². The van der Waals surface area contributed by atoms with Crippen molar-refractivity contribution in [3.05, 3.63) is 69.9 Å². The highest BCUT2D eigenvalue weighted by atomic mass is 35.5. The van der Waals surface area contributed by atoms with Crippen LogP contribution in [0.5, 0.6) is 0 Å². The maximum atomic E-state index is 11.9. The number of anilines is 4. The normalized spacial score (nSPS) is 16.0. The van der Waals surface area contributed by atoms with Gasteiger partial charge >= 0.3 is 0 Å². The number of benzene rings is 2. The number of carbonyl (C=O) groups is 3. The Kier molecular flexibility index (Phi) is 10.9. The Hall–Kier alpha value is -3.68. The molecule has 2 saturated heterocycles. The van der Waals surface area contributed by atoms with Crippen molar-refractivity contribution in [2.45, 2.75) is 6.10 Å². The Morgan fingerprint density at radius 3 is 1.98 bits per heavy atom. The second kappa shape index (κ2) is 14.8. The van der Waals surface area contributed by atoms with E-state index in [0.717, 1.165) is 17.1 Å². The van der Waals surface area contributed by atoms with Gasteiger partial charge < -0.3 is 40.7 Å². The fraction of sp³-hybridized carbons (Fsp3) is 0.321. The number of halogens is 1. The van der Waals surface area contributed by atoms with Crippen LogP contribution in [0.3, 0.4) is 0 Å². The Balaban J connectivity index is 0.000000231. The number of amides is 3. The van der Waals surface area contributed by atoms with Crippen molar-refractivity contribution in [1.29, 1.82) is 0 Å². The van der Waals surface area contributed by atoms with Gasteiger partial charge in [0.25, 0.3) is 17.7 Å². The molecule has 0 bridgehead atoms. The van der Waals surface area contributed by atoms with Gasteiger partial charge in [-0.15, -0.1) is 11.3 Å². The highest BCUT2D eigenvalue weighted by molar-refractivity contribution is 7.18. The SMILES string of the molecule is Nc1ccc(N2CCOCC2=O)cc1.O=C(NCC(O)CNc1ccc(N2CCOCC2=O)cc1)c1ccc(Cl)s1. The van der Waals surface area contributed by atoms with Crippen molar-refractivity contribution in [3.63, 3.8) is 0 Å². The predicted molar refractivity (Wildman–Crippen MR) is 160 cm³/mol. The lowest BCUT2D eigenvalue weighted by atomic mass is 10.2. The van der Waals surface area contributed by atoms with E-state index >= 15 is 0 Å². The van der Waals surface area contributed by atoms with Crippen LogP contribution in [0.2, 0.25) is 4.34 Å². The Morgan fingerprint density at radius 1 is 0.902 bits per heavy atom. The van der Waals surface area contributed by atoms with E-state index in [9.17, 15) is 19.5 Å². The number of morpholine rings is 2. The van der Waals surface area contributed by atoms with Crippen molar-refractivity contribution in [2.24, 2.45) is 0 Å². The fourth-order valence-corrected chi connectivity index (χ4v) is 5.00. The Bertz CT molecular complexity index is 1320. The summed E-state index contributed by atoms with van der Waals surface area (Å²) < 4.78 is 10.7. The summed E-state index contributed by atoms with van der Waals surface area (Å²) in [5.74, 6) is -0.313. The summed E-state index contributed by atoms with van der Waals surface area (Å²) in [5, 5.41) is 15.8. The molecule has 1 aromatic heterocycles. The van der Waals surface area contributed by atoms with Crippen molar-refractivity contribution in [3.8, 4) is 0 Å². The number of ether oxygens (including phenoxy) is 2. The number of rotatable bonds is 8. The zero-order valence-corrected chi connectivity index (χ0v) is 23.8. The molecule has 3 amide bonds. The first kappa shape index (κ1) is 30.3. The molecule has 218 valence electrons. The molecule has 2 fully saturated rings. The zero-order chi connectivity index (χ0) is 29.2. The molecule has 1 unspecified atom stereocenters. The lowest BCUT2D eigenvalue weighted by Gasteiger charge is -2.27. The van der Waals surface area contributed by atoms with Gasteiger partial charge in [0.15, 0.2) is 0 Å². The maximum absolute atomic E-state index is 11.9. The molecule has 2 aliphatic heterocycles. The Morgan fingerprint density at radius 2 is 1.46 bits per heavy atom. The van der Waals surface area contributed by atoms with Gasteiger partial charge in [-0.25, -0.2) is 0 Å². The molecule has 2 aliphatic rings. The molecule has 13 heteroatoms. The quantitative estimate of drug-likeness (QED) is 0.288. The average molecular weight is 602 g/mol. The molecule has 41 heavy (non-hydrogen) atoms. The van der Waals surface area contributed by atoms with Crippen LogP contribution in [0, 0.1) is 0 Å². The summed E-state index contributed by atoms with van der Waals surface area (Å²) in [5.41, 5.74) is 8.78. The van der Waals surface area contributed by atoms with Gasteiger partial charge in [-0.2, -0.15) is 0 Å². The molecule has 0 aliphatic carbocycles. The van der Waals surface area contributed by atoms with Gasteiger partial charge in [-0.05, 0) is 60.7 Å². The highest BCUT2D eigenvalue weighted by Crippen LogP contribution is 2.22. The summed E-state index contributed by atoms with van der Waals surface area (Å²) in [7, 11) is 0. The Labute approximate surface area is 246 Å². The van der Waals surface area contributed by atoms with E-state index in [1.165, 1.54) is 11.3 Å². The van der Waals surface area contributed by atoms with E-state index < -0.39 is 6.10 Å². The van der Waals surface area contributed by atoms with Crippen LogP contribution >= 0.6 is 22.9 Å². The van der Waals surface area contributed by atoms with Crippen LogP contribution in [0.4, 0.5) is 22.7 Å². The number of aliphatic hydroxyl groups is 1. The van der Waals surface area contributed by atoms with Crippen molar-refractivity contribution in [1.82, 2.24) is 5.32 Å². The van der Waals surface area contributed by atoms with E-state index in [1.807, 2.05) is 36.4 Å². The molecule has 0 spiro atoms. The van der Waals surface area contributed by atoms with E-state index in [-0.39, 0.29) is 44.0 Å². The number of thiophene rings is 1. The maximum Gasteiger partial charge on any atom is 0.261 e. The largest absolute Gasteiger partial charge is 0.399 e. The molecule has 3 heterocycles. The van der Waals surface area contributed by atoms with Gasteiger partial charge in [0.2, 0.25) is 0 Å². The molecular formula is C28H32ClN5O6S. The molecule has 5 rings (SSSR count). The number of aliphatic hydroxyl groups excluding tert-OH is 1. The van der Waals surface area contributed by atoms with Gasteiger partial charge in [0.05, 0.1) is 28.5 Å². The summed E-state index contributed by atoms with van der Waals surface area (Å²) in [6, 6.07) is 18.0. The second-order valence-corrected chi connectivity index (χ2v) is 10.9. The summed E-state index contributed by atoms with van der Waals surface area (Å²) in [6.07, 6.45) is -0.745. The predicted octanol–water partition coefficient (Wildman–Crippen LogP) is 2.60.